The van der Waals surface area contributed by atoms with Crippen molar-refractivity contribution in [2.75, 3.05) is 20.1 Å². The van der Waals surface area contributed by atoms with E-state index in [1.165, 1.54) is 5.56 Å². The zero-order valence-electron chi connectivity index (χ0n) is 11.1. The van der Waals surface area contributed by atoms with Crippen LogP contribution in [0.4, 0.5) is 0 Å². The highest BCUT2D eigenvalue weighted by Crippen LogP contribution is 2.19. The maximum atomic E-state index is 5.36. The summed E-state index contributed by atoms with van der Waals surface area (Å²) in [4.78, 5) is 6.79. The van der Waals surface area contributed by atoms with Gasteiger partial charge in [0.25, 0.3) is 0 Å². The van der Waals surface area contributed by atoms with Crippen molar-refractivity contribution in [1.29, 1.82) is 0 Å². The summed E-state index contributed by atoms with van der Waals surface area (Å²) < 4.78 is 0. The Bertz CT molecular complexity index is 445. The molecule has 0 aliphatic carbocycles. The molecule has 0 bridgehead atoms. The van der Waals surface area contributed by atoms with Crippen LogP contribution in [0.2, 0.25) is 0 Å². The molecule has 0 atom stereocenters. The van der Waals surface area contributed by atoms with Crippen molar-refractivity contribution in [3.05, 3.63) is 35.9 Å². The van der Waals surface area contributed by atoms with Crippen molar-refractivity contribution in [3.63, 3.8) is 0 Å². The van der Waals surface area contributed by atoms with Gasteiger partial charge in [0.05, 0.1) is 0 Å². The first-order valence-corrected chi connectivity index (χ1v) is 7.91. The van der Waals surface area contributed by atoms with Crippen molar-refractivity contribution in [2.24, 2.45) is 4.99 Å². The first-order valence-electron chi connectivity index (χ1n) is 6.51. The largest absolute Gasteiger partial charge is 0.365 e. The first kappa shape index (κ1) is 14.3. The quantitative estimate of drug-likeness (QED) is 0.849. The number of hydrogen-bond donors (Lipinski definition) is 1. The minimum atomic E-state index is 0.765. The molecule has 0 saturated carbocycles. The molecule has 5 heteroatoms. The maximum absolute atomic E-state index is 5.36. The highest BCUT2D eigenvalue weighted by atomic mass is 32.2. The standard InChI is InChI=1S/C14H19N3S2/c1-15-13(18)17-10-6-5-9-16-14(17)19-11-12-7-3-2-4-8-12/h2-4,7-8H,5-6,9-11H2,1H3,(H,15,18). The van der Waals surface area contributed by atoms with Crippen LogP contribution in [0.3, 0.4) is 0 Å². The van der Waals surface area contributed by atoms with Crippen molar-refractivity contribution < 1.29 is 0 Å². The summed E-state index contributed by atoms with van der Waals surface area (Å²) in [6.45, 7) is 1.86. The summed E-state index contributed by atoms with van der Waals surface area (Å²) in [5, 5.41) is 4.86. The van der Waals surface area contributed by atoms with E-state index < -0.39 is 0 Å². The van der Waals surface area contributed by atoms with Crippen molar-refractivity contribution in [1.82, 2.24) is 10.2 Å². The number of benzene rings is 1. The van der Waals surface area contributed by atoms with Crippen LogP contribution < -0.4 is 5.32 Å². The molecule has 102 valence electrons. The van der Waals surface area contributed by atoms with Gasteiger partial charge in [0.1, 0.15) is 0 Å². The fourth-order valence-electron chi connectivity index (χ4n) is 1.91. The lowest BCUT2D eigenvalue weighted by atomic mass is 10.2. The molecule has 1 aromatic carbocycles. The van der Waals surface area contributed by atoms with Gasteiger partial charge in [-0.1, -0.05) is 42.1 Å². The van der Waals surface area contributed by atoms with Gasteiger partial charge in [0, 0.05) is 25.9 Å². The van der Waals surface area contributed by atoms with Gasteiger partial charge in [0.15, 0.2) is 10.3 Å². The Labute approximate surface area is 124 Å². The fourth-order valence-corrected chi connectivity index (χ4v) is 3.15. The summed E-state index contributed by atoms with van der Waals surface area (Å²) >= 11 is 7.13. The highest BCUT2D eigenvalue weighted by Gasteiger charge is 2.17. The van der Waals surface area contributed by atoms with Crippen LogP contribution in [0, 0.1) is 0 Å². The maximum Gasteiger partial charge on any atom is 0.174 e. The van der Waals surface area contributed by atoms with Gasteiger partial charge in [-0.05, 0) is 30.6 Å². The molecule has 0 fully saturated rings. The van der Waals surface area contributed by atoms with Crippen LogP contribution in [-0.2, 0) is 5.75 Å². The summed E-state index contributed by atoms with van der Waals surface area (Å²) in [5.74, 6) is 0.933. The Balaban J connectivity index is 2.02. The zero-order valence-corrected chi connectivity index (χ0v) is 12.8. The van der Waals surface area contributed by atoms with Crippen molar-refractivity contribution >= 4 is 34.3 Å². The van der Waals surface area contributed by atoms with Gasteiger partial charge in [0.2, 0.25) is 0 Å². The molecule has 1 aliphatic rings. The van der Waals surface area contributed by atoms with Crippen molar-refractivity contribution in [2.45, 2.75) is 18.6 Å². The predicted octanol–water partition coefficient (Wildman–Crippen LogP) is 2.88. The second kappa shape index (κ2) is 7.50. The smallest absolute Gasteiger partial charge is 0.174 e. The molecule has 0 aromatic heterocycles. The number of aliphatic imine (C=N–C) groups is 1. The highest BCUT2D eigenvalue weighted by molar-refractivity contribution is 8.13. The lowest BCUT2D eigenvalue weighted by molar-refractivity contribution is 0.583. The van der Waals surface area contributed by atoms with Gasteiger partial charge in [-0.3, -0.25) is 9.89 Å². The second-order valence-corrected chi connectivity index (χ2v) is 5.68. The van der Waals surface area contributed by atoms with E-state index >= 15 is 0 Å². The second-order valence-electron chi connectivity index (χ2n) is 4.35. The SMILES string of the molecule is CNC(=S)N1CCCCN=C1SCc1ccccc1. The van der Waals surface area contributed by atoms with E-state index in [-0.39, 0.29) is 0 Å². The monoisotopic (exact) mass is 293 g/mol. The van der Waals surface area contributed by atoms with E-state index in [1.807, 2.05) is 13.1 Å². The molecule has 1 N–H and O–H groups in total. The average Bonchev–Trinajstić information content (AvgIpc) is 2.70. The molecular weight excluding hydrogens is 274 g/mol. The van der Waals surface area contributed by atoms with E-state index in [9.17, 15) is 0 Å². The molecular formula is C14H19N3S2. The van der Waals surface area contributed by atoms with Crippen LogP contribution >= 0.6 is 24.0 Å². The van der Waals surface area contributed by atoms with Crippen LogP contribution in [0.5, 0.6) is 0 Å². The Morgan fingerprint density at radius 2 is 2.16 bits per heavy atom. The number of rotatable bonds is 2. The van der Waals surface area contributed by atoms with Gasteiger partial charge >= 0.3 is 0 Å². The molecule has 19 heavy (non-hydrogen) atoms. The molecule has 1 aliphatic heterocycles. The van der Waals surface area contributed by atoms with Gasteiger partial charge in [-0.2, -0.15) is 0 Å². The summed E-state index contributed by atoms with van der Waals surface area (Å²) in [6.07, 6.45) is 2.28. The lowest BCUT2D eigenvalue weighted by Crippen LogP contribution is -2.41. The van der Waals surface area contributed by atoms with Crippen molar-refractivity contribution in [3.8, 4) is 0 Å². The zero-order chi connectivity index (χ0) is 13.5. The van der Waals surface area contributed by atoms with E-state index in [2.05, 4.69) is 39.5 Å². The lowest BCUT2D eigenvalue weighted by Gasteiger charge is -2.24. The Kier molecular flexibility index (Phi) is 5.66. The first-order chi connectivity index (χ1) is 9.31. The third-order valence-electron chi connectivity index (χ3n) is 2.94. The fraction of sp³-hybridized carbons (Fsp3) is 0.429. The van der Waals surface area contributed by atoms with Crippen LogP contribution in [0.25, 0.3) is 0 Å². The number of nitrogens with zero attached hydrogens (tertiary/aromatic N) is 2. The molecule has 0 unspecified atom stereocenters. The molecule has 1 aromatic rings. The molecule has 1 heterocycles. The van der Waals surface area contributed by atoms with Crippen LogP contribution in [0.15, 0.2) is 35.3 Å². The third kappa shape index (κ3) is 4.21. The normalized spacial score (nSPS) is 15.6. The Morgan fingerprint density at radius 3 is 2.89 bits per heavy atom. The molecule has 0 radical (unpaired) electrons. The van der Waals surface area contributed by atoms with Crippen LogP contribution in [0.1, 0.15) is 18.4 Å². The minimum Gasteiger partial charge on any atom is -0.365 e. The summed E-state index contributed by atoms with van der Waals surface area (Å²) in [6, 6.07) is 10.5. The van der Waals surface area contributed by atoms with Crippen LogP contribution in [-0.4, -0.2) is 35.3 Å². The molecule has 2 rings (SSSR count). The number of hydrogen-bond acceptors (Lipinski definition) is 3. The predicted molar refractivity (Wildman–Crippen MR) is 87.6 cm³/mol. The third-order valence-corrected chi connectivity index (χ3v) is 4.45. The van der Waals surface area contributed by atoms with E-state index in [0.29, 0.717) is 0 Å². The molecule has 0 amide bonds. The van der Waals surface area contributed by atoms with E-state index in [4.69, 9.17) is 12.2 Å². The number of amidine groups is 1. The number of thioether (sulfide) groups is 1. The Morgan fingerprint density at radius 1 is 1.37 bits per heavy atom. The minimum absolute atomic E-state index is 0.765. The van der Waals surface area contributed by atoms with E-state index in [1.54, 1.807) is 11.8 Å². The molecule has 3 nitrogen and oxygen atoms in total. The van der Waals surface area contributed by atoms with Gasteiger partial charge in [-0.15, -0.1) is 0 Å². The Hall–Kier alpha value is -1.07. The van der Waals surface area contributed by atoms with Gasteiger partial charge < -0.3 is 5.32 Å². The van der Waals surface area contributed by atoms with Gasteiger partial charge in [-0.25, -0.2) is 0 Å². The summed E-state index contributed by atoms with van der Waals surface area (Å²) in [7, 11) is 1.87. The number of nitrogens with one attached hydrogen (secondary N) is 1. The number of thiocarbonyl (C=S) groups is 1. The topological polar surface area (TPSA) is 27.6 Å². The average molecular weight is 293 g/mol. The molecule has 0 saturated heterocycles. The van der Waals surface area contributed by atoms with E-state index in [0.717, 1.165) is 42.0 Å². The molecule has 0 spiro atoms. The summed E-state index contributed by atoms with van der Waals surface area (Å²) in [5.41, 5.74) is 1.31.